The first-order valence-electron chi connectivity index (χ1n) is 7.84. The number of aryl methyl sites for hydroxylation is 1. The number of hydrogen-bond acceptors (Lipinski definition) is 5. The van der Waals surface area contributed by atoms with E-state index in [4.69, 9.17) is 4.74 Å². The van der Waals surface area contributed by atoms with Crippen molar-refractivity contribution in [2.75, 3.05) is 11.9 Å². The summed E-state index contributed by atoms with van der Waals surface area (Å²) in [7, 11) is 0. The molecule has 21 heavy (non-hydrogen) atoms. The Bertz CT molecular complexity index is 617. The summed E-state index contributed by atoms with van der Waals surface area (Å²) in [6, 6.07) is 2.14. The zero-order valence-corrected chi connectivity index (χ0v) is 13.8. The van der Waals surface area contributed by atoms with Crippen molar-refractivity contribution in [1.29, 1.82) is 0 Å². The minimum atomic E-state index is 0.300. The average molecular weight is 305 g/mol. The van der Waals surface area contributed by atoms with Crippen molar-refractivity contribution in [1.82, 2.24) is 9.97 Å². The molecule has 2 aromatic heterocycles. The molecule has 0 spiro atoms. The number of nitrogens with zero attached hydrogens (tertiary/aromatic N) is 2. The summed E-state index contributed by atoms with van der Waals surface area (Å²) in [6.07, 6.45) is 5.07. The van der Waals surface area contributed by atoms with E-state index < -0.39 is 0 Å². The van der Waals surface area contributed by atoms with Crippen LogP contribution in [-0.2, 0) is 0 Å². The fourth-order valence-electron chi connectivity index (χ4n) is 2.85. The molecule has 0 saturated heterocycles. The number of aromatic nitrogens is 2. The number of rotatable bonds is 4. The zero-order valence-electron chi connectivity index (χ0n) is 13.0. The minimum absolute atomic E-state index is 0.300. The second kappa shape index (κ2) is 6.18. The summed E-state index contributed by atoms with van der Waals surface area (Å²) in [5.41, 5.74) is 0. The lowest BCUT2D eigenvalue weighted by Gasteiger charge is -2.26. The molecule has 1 saturated carbocycles. The summed E-state index contributed by atoms with van der Waals surface area (Å²) >= 11 is 1.70. The second-order valence-corrected chi connectivity index (χ2v) is 7.19. The van der Waals surface area contributed by atoms with Crippen LogP contribution in [0.5, 0.6) is 5.88 Å². The van der Waals surface area contributed by atoms with Crippen LogP contribution in [0.1, 0.15) is 44.4 Å². The standard InChI is InChI=1S/C16H23N3OS/c1-4-17-16-18-14(13-9-11(3)21-15(13)19-16)20-12-7-5-10(2)6-8-12/h9-10,12H,4-8H2,1-3H3,(H,17,18,19). The van der Waals surface area contributed by atoms with Gasteiger partial charge in [0.2, 0.25) is 11.8 Å². The maximum absolute atomic E-state index is 6.23. The average Bonchev–Trinajstić information content (AvgIpc) is 2.82. The van der Waals surface area contributed by atoms with E-state index in [2.05, 4.69) is 42.1 Å². The molecule has 1 aliphatic carbocycles. The number of fused-ring (bicyclic) bond motifs is 1. The van der Waals surface area contributed by atoms with Gasteiger partial charge in [-0.15, -0.1) is 11.3 Å². The van der Waals surface area contributed by atoms with E-state index in [-0.39, 0.29) is 0 Å². The number of hydrogen-bond donors (Lipinski definition) is 1. The third-order valence-electron chi connectivity index (χ3n) is 4.06. The fourth-order valence-corrected chi connectivity index (χ4v) is 3.72. The molecule has 0 aliphatic heterocycles. The van der Waals surface area contributed by atoms with E-state index in [1.54, 1.807) is 11.3 Å². The van der Waals surface area contributed by atoms with E-state index >= 15 is 0 Å². The highest BCUT2D eigenvalue weighted by molar-refractivity contribution is 7.18. The van der Waals surface area contributed by atoms with E-state index in [9.17, 15) is 0 Å². The first-order valence-corrected chi connectivity index (χ1v) is 8.66. The number of nitrogens with one attached hydrogen (secondary N) is 1. The smallest absolute Gasteiger partial charge is 0.227 e. The Labute approximate surface area is 129 Å². The van der Waals surface area contributed by atoms with Crippen molar-refractivity contribution < 1.29 is 4.74 Å². The Morgan fingerprint density at radius 1 is 1.29 bits per heavy atom. The van der Waals surface area contributed by atoms with Gasteiger partial charge in [0, 0.05) is 11.4 Å². The highest BCUT2D eigenvalue weighted by Gasteiger charge is 2.22. The van der Waals surface area contributed by atoms with Gasteiger partial charge in [0.25, 0.3) is 0 Å². The molecule has 0 atom stereocenters. The van der Waals surface area contributed by atoms with Gasteiger partial charge in [-0.05, 0) is 51.5 Å². The zero-order chi connectivity index (χ0) is 14.8. The third kappa shape index (κ3) is 3.28. The van der Waals surface area contributed by atoms with Crippen LogP contribution in [0.2, 0.25) is 0 Å². The summed E-state index contributed by atoms with van der Waals surface area (Å²) in [5, 5.41) is 4.25. The molecule has 1 fully saturated rings. The summed E-state index contributed by atoms with van der Waals surface area (Å²) in [5.74, 6) is 2.25. The minimum Gasteiger partial charge on any atom is -0.474 e. The quantitative estimate of drug-likeness (QED) is 0.910. The van der Waals surface area contributed by atoms with Gasteiger partial charge >= 0.3 is 0 Å². The summed E-state index contributed by atoms with van der Waals surface area (Å²) < 4.78 is 6.23. The van der Waals surface area contributed by atoms with Crippen molar-refractivity contribution in [3.8, 4) is 5.88 Å². The molecule has 4 nitrogen and oxygen atoms in total. The Kier molecular flexibility index (Phi) is 4.29. The van der Waals surface area contributed by atoms with Gasteiger partial charge in [0.1, 0.15) is 10.9 Å². The van der Waals surface area contributed by atoms with E-state index in [0.29, 0.717) is 12.1 Å². The Morgan fingerprint density at radius 3 is 2.76 bits per heavy atom. The van der Waals surface area contributed by atoms with Crippen LogP contribution in [0.3, 0.4) is 0 Å². The lowest BCUT2D eigenvalue weighted by molar-refractivity contribution is 0.132. The fraction of sp³-hybridized carbons (Fsp3) is 0.625. The number of thiophene rings is 1. The molecule has 0 radical (unpaired) electrons. The summed E-state index contributed by atoms with van der Waals surface area (Å²) in [6.45, 7) is 7.29. The Hall–Kier alpha value is -1.36. The topological polar surface area (TPSA) is 47.0 Å². The Morgan fingerprint density at radius 2 is 2.05 bits per heavy atom. The third-order valence-corrected chi connectivity index (χ3v) is 5.00. The summed E-state index contributed by atoms with van der Waals surface area (Å²) in [4.78, 5) is 11.4. The molecule has 0 amide bonds. The van der Waals surface area contributed by atoms with Gasteiger partial charge in [0.05, 0.1) is 5.39 Å². The van der Waals surface area contributed by atoms with Gasteiger partial charge in [-0.25, -0.2) is 4.98 Å². The highest BCUT2D eigenvalue weighted by atomic mass is 32.1. The predicted molar refractivity (Wildman–Crippen MR) is 88.4 cm³/mol. The molecule has 5 heteroatoms. The first kappa shape index (κ1) is 14.6. The molecule has 1 N–H and O–H groups in total. The molecule has 0 unspecified atom stereocenters. The second-order valence-electron chi connectivity index (χ2n) is 5.96. The molecule has 1 aliphatic rings. The lowest BCUT2D eigenvalue weighted by atomic mass is 9.89. The monoisotopic (exact) mass is 305 g/mol. The molecule has 2 heterocycles. The van der Waals surface area contributed by atoms with Gasteiger partial charge in [-0.3, -0.25) is 0 Å². The maximum atomic E-state index is 6.23. The Balaban J connectivity index is 1.88. The SMILES string of the molecule is CCNc1nc(OC2CCC(C)CC2)c2cc(C)sc2n1. The van der Waals surface area contributed by atoms with Gasteiger partial charge in [0.15, 0.2) is 0 Å². The van der Waals surface area contributed by atoms with Crippen LogP contribution in [0.25, 0.3) is 10.2 Å². The number of ether oxygens (including phenoxy) is 1. The van der Waals surface area contributed by atoms with Gasteiger partial charge in [-0.2, -0.15) is 4.98 Å². The van der Waals surface area contributed by atoms with Crippen LogP contribution in [0.4, 0.5) is 5.95 Å². The van der Waals surface area contributed by atoms with Crippen molar-refractivity contribution in [3.05, 3.63) is 10.9 Å². The molecule has 2 aromatic rings. The van der Waals surface area contributed by atoms with Crippen molar-refractivity contribution >= 4 is 27.5 Å². The van der Waals surface area contributed by atoms with Crippen LogP contribution in [0, 0.1) is 12.8 Å². The van der Waals surface area contributed by atoms with Crippen LogP contribution in [-0.4, -0.2) is 22.6 Å². The van der Waals surface area contributed by atoms with Crippen molar-refractivity contribution in [2.24, 2.45) is 5.92 Å². The van der Waals surface area contributed by atoms with E-state index in [0.717, 1.165) is 41.4 Å². The van der Waals surface area contributed by atoms with Gasteiger partial charge in [-0.1, -0.05) is 6.92 Å². The predicted octanol–water partition coefficient (Wildman–Crippen LogP) is 4.39. The van der Waals surface area contributed by atoms with Crippen molar-refractivity contribution in [3.63, 3.8) is 0 Å². The van der Waals surface area contributed by atoms with Crippen LogP contribution < -0.4 is 10.1 Å². The van der Waals surface area contributed by atoms with Crippen molar-refractivity contribution in [2.45, 2.75) is 52.6 Å². The molecular formula is C16H23N3OS. The largest absolute Gasteiger partial charge is 0.474 e. The maximum Gasteiger partial charge on any atom is 0.227 e. The van der Waals surface area contributed by atoms with E-state index in [1.165, 1.54) is 17.7 Å². The van der Waals surface area contributed by atoms with Crippen LogP contribution >= 0.6 is 11.3 Å². The van der Waals surface area contributed by atoms with E-state index in [1.807, 2.05) is 0 Å². The lowest BCUT2D eigenvalue weighted by Crippen LogP contribution is -2.23. The molecule has 0 bridgehead atoms. The highest BCUT2D eigenvalue weighted by Crippen LogP contribution is 2.34. The number of anilines is 1. The molecule has 0 aromatic carbocycles. The molecule has 3 rings (SSSR count). The van der Waals surface area contributed by atoms with Gasteiger partial charge < -0.3 is 10.1 Å². The first-order chi connectivity index (χ1) is 10.2. The molecule has 114 valence electrons. The molecular weight excluding hydrogens is 282 g/mol. The van der Waals surface area contributed by atoms with Crippen LogP contribution in [0.15, 0.2) is 6.07 Å². The normalized spacial score (nSPS) is 22.4.